The van der Waals surface area contributed by atoms with Crippen LogP contribution in [-0.2, 0) is 0 Å². The van der Waals surface area contributed by atoms with Gasteiger partial charge in [-0.05, 0) is 60.7 Å². The van der Waals surface area contributed by atoms with Gasteiger partial charge in [0.25, 0.3) is 5.17 Å². The van der Waals surface area contributed by atoms with Crippen LogP contribution in [0.5, 0.6) is 17.2 Å². The second-order valence-electron chi connectivity index (χ2n) is 3.92. The Hall–Kier alpha value is -2.27. The molecule has 2 aromatic rings. The number of hydrogen-bond donors (Lipinski definition) is 1. The lowest BCUT2D eigenvalue weighted by atomic mass is 10.3. The van der Waals surface area contributed by atoms with Gasteiger partial charge in [-0.2, -0.15) is 0 Å². The van der Waals surface area contributed by atoms with Crippen LogP contribution in [0.15, 0.2) is 48.5 Å². The molecule has 0 unspecified atom stereocenters. The van der Waals surface area contributed by atoms with Gasteiger partial charge in [0.2, 0.25) is 0 Å². The Morgan fingerprint density at radius 3 is 1.75 bits per heavy atom. The van der Waals surface area contributed by atoms with Crippen molar-refractivity contribution >= 4 is 23.1 Å². The summed E-state index contributed by atoms with van der Waals surface area (Å²) in [6.45, 7) is 0. The predicted octanol–water partition coefficient (Wildman–Crippen LogP) is 3.48. The van der Waals surface area contributed by atoms with E-state index in [1.807, 2.05) is 36.4 Å². The molecular weight excluding hydrogens is 274 g/mol. The fourth-order valence-electron chi connectivity index (χ4n) is 1.57. The Morgan fingerprint density at radius 2 is 1.25 bits per heavy atom. The van der Waals surface area contributed by atoms with Gasteiger partial charge in [0.15, 0.2) is 0 Å². The van der Waals surface area contributed by atoms with Crippen molar-refractivity contribution in [1.29, 1.82) is 0 Å². The first-order valence-electron chi connectivity index (χ1n) is 5.98. The zero-order valence-corrected chi connectivity index (χ0v) is 12.1. The predicted molar refractivity (Wildman–Crippen MR) is 82.8 cm³/mol. The summed E-state index contributed by atoms with van der Waals surface area (Å²) >= 11 is 5.14. The van der Waals surface area contributed by atoms with E-state index in [1.54, 1.807) is 26.4 Å². The molecule has 0 fully saturated rings. The molecule has 0 aliphatic rings. The highest BCUT2D eigenvalue weighted by Gasteiger charge is 2.02. The molecule has 0 bridgehead atoms. The van der Waals surface area contributed by atoms with E-state index < -0.39 is 0 Å². The molecular formula is C15H15NO3S. The van der Waals surface area contributed by atoms with E-state index in [9.17, 15) is 0 Å². The van der Waals surface area contributed by atoms with Gasteiger partial charge < -0.3 is 19.5 Å². The second kappa shape index (κ2) is 6.77. The number of thiocarbonyl (C=S) groups is 1. The lowest BCUT2D eigenvalue weighted by Crippen LogP contribution is -2.16. The normalized spacial score (nSPS) is 9.70. The third-order valence-corrected chi connectivity index (χ3v) is 2.79. The molecule has 0 aromatic heterocycles. The molecule has 2 rings (SSSR count). The lowest BCUT2D eigenvalue weighted by Gasteiger charge is -2.10. The smallest absolute Gasteiger partial charge is 0.266 e. The van der Waals surface area contributed by atoms with Gasteiger partial charge in [0.05, 0.1) is 14.2 Å². The van der Waals surface area contributed by atoms with E-state index in [1.165, 1.54) is 0 Å². The number of methoxy groups -OCH3 is 2. The topological polar surface area (TPSA) is 39.7 Å². The molecule has 0 aliphatic carbocycles. The zero-order chi connectivity index (χ0) is 14.4. The van der Waals surface area contributed by atoms with Crippen molar-refractivity contribution in [3.05, 3.63) is 48.5 Å². The van der Waals surface area contributed by atoms with Gasteiger partial charge in [-0.25, -0.2) is 0 Å². The number of ether oxygens (including phenoxy) is 3. The average molecular weight is 289 g/mol. The van der Waals surface area contributed by atoms with E-state index in [2.05, 4.69) is 5.32 Å². The zero-order valence-electron chi connectivity index (χ0n) is 11.3. The van der Waals surface area contributed by atoms with Crippen molar-refractivity contribution in [2.24, 2.45) is 0 Å². The quantitative estimate of drug-likeness (QED) is 0.873. The minimum absolute atomic E-state index is 0.278. The van der Waals surface area contributed by atoms with E-state index in [0.717, 1.165) is 17.2 Å². The van der Waals surface area contributed by atoms with E-state index in [4.69, 9.17) is 26.4 Å². The van der Waals surface area contributed by atoms with Crippen LogP contribution in [0.3, 0.4) is 0 Å². The first-order chi connectivity index (χ1) is 9.71. The summed E-state index contributed by atoms with van der Waals surface area (Å²) in [6, 6.07) is 14.6. The molecule has 0 aliphatic heterocycles. The summed E-state index contributed by atoms with van der Waals surface area (Å²) in [5.41, 5.74) is 0.837. The SMILES string of the molecule is COc1ccc(NC(=S)Oc2ccc(OC)cc2)cc1. The van der Waals surface area contributed by atoms with Crippen molar-refractivity contribution < 1.29 is 14.2 Å². The van der Waals surface area contributed by atoms with E-state index in [-0.39, 0.29) is 5.17 Å². The highest BCUT2D eigenvalue weighted by molar-refractivity contribution is 7.80. The van der Waals surface area contributed by atoms with Crippen molar-refractivity contribution in [2.45, 2.75) is 0 Å². The maximum Gasteiger partial charge on any atom is 0.266 e. The molecule has 20 heavy (non-hydrogen) atoms. The minimum Gasteiger partial charge on any atom is -0.497 e. The summed E-state index contributed by atoms with van der Waals surface area (Å²) in [5.74, 6) is 2.21. The molecule has 0 spiro atoms. The maximum absolute atomic E-state index is 5.51. The van der Waals surface area contributed by atoms with E-state index in [0.29, 0.717) is 5.75 Å². The summed E-state index contributed by atoms with van der Waals surface area (Å²) < 4.78 is 15.7. The molecule has 1 N–H and O–H groups in total. The molecule has 0 radical (unpaired) electrons. The van der Waals surface area contributed by atoms with Crippen molar-refractivity contribution in [3.63, 3.8) is 0 Å². The molecule has 2 aromatic carbocycles. The maximum atomic E-state index is 5.51. The third kappa shape index (κ3) is 3.86. The summed E-state index contributed by atoms with van der Waals surface area (Å²) in [5, 5.41) is 3.27. The Bertz CT molecular complexity index is 515. The van der Waals surface area contributed by atoms with Gasteiger partial charge in [0.1, 0.15) is 17.2 Å². The van der Waals surface area contributed by atoms with Crippen molar-refractivity contribution in [3.8, 4) is 17.2 Å². The van der Waals surface area contributed by atoms with Crippen LogP contribution in [0, 0.1) is 0 Å². The molecule has 4 nitrogen and oxygen atoms in total. The number of benzene rings is 2. The minimum atomic E-state index is 0.278. The number of rotatable bonds is 4. The van der Waals surface area contributed by atoms with Gasteiger partial charge in [0, 0.05) is 5.69 Å². The third-order valence-electron chi connectivity index (χ3n) is 2.61. The summed E-state index contributed by atoms with van der Waals surface area (Å²) in [7, 11) is 3.24. The Kier molecular flexibility index (Phi) is 4.79. The second-order valence-corrected chi connectivity index (χ2v) is 4.29. The molecule has 5 heteroatoms. The van der Waals surface area contributed by atoms with Gasteiger partial charge in [-0.1, -0.05) is 0 Å². The van der Waals surface area contributed by atoms with Gasteiger partial charge >= 0.3 is 0 Å². The standard InChI is InChI=1S/C15H15NO3S/c1-17-12-5-3-11(4-6-12)16-15(20)19-14-9-7-13(18-2)8-10-14/h3-10H,1-2H3,(H,16,20). The highest BCUT2D eigenvalue weighted by atomic mass is 32.1. The van der Waals surface area contributed by atoms with Crippen LogP contribution < -0.4 is 19.5 Å². The Labute approximate surface area is 123 Å². The van der Waals surface area contributed by atoms with Crippen LogP contribution in [0.2, 0.25) is 0 Å². The largest absolute Gasteiger partial charge is 0.497 e. The average Bonchev–Trinajstić information content (AvgIpc) is 2.49. The fourth-order valence-corrected chi connectivity index (χ4v) is 1.78. The number of hydrogen-bond acceptors (Lipinski definition) is 4. The lowest BCUT2D eigenvalue weighted by molar-refractivity contribution is 0.414. The molecule has 0 atom stereocenters. The van der Waals surface area contributed by atoms with Gasteiger partial charge in [-0.15, -0.1) is 0 Å². The van der Waals surface area contributed by atoms with Crippen LogP contribution in [0.1, 0.15) is 0 Å². The van der Waals surface area contributed by atoms with Gasteiger partial charge in [-0.3, -0.25) is 0 Å². The molecule has 104 valence electrons. The van der Waals surface area contributed by atoms with Crippen LogP contribution in [-0.4, -0.2) is 19.4 Å². The Morgan fingerprint density at radius 1 is 0.800 bits per heavy atom. The van der Waals surface area contributed by atoms with Crippen LogP contribution >= 0.6 is 12.2 Å². The fraction of sp³-hybridized carbons (Fsp3) is 0.133. The monoisotopic (exact) mass is 289 g/mol. The molecule has 0 amide bonds. The molecule has 0 heterocycles. The Balaban J connectivity index is 1.93. The van der Waals surface area contributed by atoms with E-state index >= 15 is 0 Å². The van der Waals surface area contributed by atoms with Crippen molar-refractivity contribution in [1.82, 2.24) is 0 Å². The highest BCUT2D eigenvalue weighted by Crippen LogP contribution is 2.19. The van der Waals surface area contributed by atoms with Crippen molar-refractivity contribution in [2.75, 3.05) is 19.5 Å². The summed E-state index contributed by atoms with van der Waals surface area (Å²) in [6.07, 6.45) is 0. The first kappa shape index (κ1) is 14.1. The molecule has 0 saturated carbocycles. The molecule has 0 saturated heterocycles. The number of nitrogens with one attached hydrogen (secondary N) is 1. The number of anilines is 1. The summed E-state index contributed by atoms with van der Waals surface area (Å²) in [4.78, 5) is 0. The first-order valence-corrected chi connectivity index (χ1v) is 6.39. The van der Waals surface area contributed by atoms with Crippen LogP contribution in [0.25, 0.3) is 0 Å². The van der Waals surface area contributed by atoms with Crippen LogP contribution in [0.4, 0.5) is 5.69 Å².